The van der Waals surface area contributed by atoms with E-state index in [4.69, 9.17) is 35.8 Å². The summed E-state index contributed by atoms with van der Waals surface area (Å²) < 4.78 is 81.2. The molecule has 24 nitrogen and oxygen atoms in total. The van der Waals surface area contributed by atoms with Crippen LogP contribution in [0.4, 0.5) is 0 Å². The molecular weight excluding hydrogens is 1190 g/mol. The molecule has 0 atom stereocenters. The summed E-state index contributed by atoms with van der Waals surface area (Å²) in [6.45, 7) is 15.1. The third-order valence-electron chi connectivity index (χ3n) is 12.9. The topological polar surface area (TPSA) is 276 Å². The molecule has 6 heterocycles. The average Bonchev–Trinajstić information content (AvgIpc) is 3.95. The molecule has 0 saturated carbocycles. The number of aromatic nitrogens is 8. The second kappa shape index (κ2) is 27.5. The quantitative estimate of drug-likeness (QED) is 0.0558. The fraction of sp³-hybridized carbons (Fsp3) is 0.520. The molecule has 2 saturated heterocycles. The minimum absolute atomic E-state index is 0. The largest absolute Gasteiger partial charge is 1.00 e. The number of fused-ring (bicyclic) bond motifs is 2. The molecule has 2 fully saturated rings. The number of likely N-dealkylation sites (N-methyl/N-ethyl adjacent to an activating group) is 2. The highest BCUT2D eigenvalue weighted by Crippen LogP contribution is 2.34. The number of piperazine rings is 2. The van der Waals surface area contributed by atoms with Gasteiger partial charge in [-0.2, -0.15) is 18.8 Å². The lowest BCUT2D eigenvalue weighted by molar-refractivity contribution is -0.928. The second-order valence-electron chi connectivity index (χ2n) is 18.7. The Kier molecular flexibility index (Phi) is 22.3. The number of benzene rings is 2. The maximum Gasteiger partial charge on any atom is 0.306 e. The van der Waals surface area contributed by atoms with E-state index in [1.807, 2.05) is 41.8 Å². The van der Waals surface area contributed by atoms with Crippen LogP contribution in [0.5, 0.6) is 11.5 Å². The Labute approximate surface area is 476 Å². The Bertz CT molecular complexity index is 3430. The van der Waals surface area contributed by atoms with E-state index in [-0.39, 0.29) is 94.4 Å². The third-order valence-corrected chi connectivity index (χ3v) is 16.8. The lowest BCUT2D eigenvalue weighted by atomic mass is 10.1. The molecular formula is C50H70ClIN12O12S2. The molecule has 2 aliphatic heterocycles. The van der Waals surface area contributed by atoms with Gasteiger partial charge in [0, 0.05) is 54.1 Å². The van der Waals surface area contributed by atoms with Crippen LogP contribution in [0.1, 0.15) is 65.8 Å². The third kappa shape index (κ3) is 14.8. The Balaban J connectivity index is 0.000000259. The number of carbonyl (C=O) groups is 2. The number of carbonyl (C=O) groups excluding carboxylic acids is 2. The molecule has 2 aliphatic rings. The standard InChI is InChI=1S/C25H34N6O6S.C22H30N6O4S.C3H5ClO2.HI/c1-6-8-20-22-23(29(4)28-20)25(33)27-24(26-22)19-15-18(9-10-21(19)36-7-2)38(34,35)30-11-13-31(5,14-12-30)16-37-17(3)32;1-5-7-17-19-20(27(4)25-17)22(29)24-21(23-19)16-14-15(8-9-18(16)32-6-2)33(30,31)28-12-10-26(3)11-13-28;1-3(5)6-2-4;/h9-10,15H,6-8,11-14,16H2,1-5H3;8-9,14H,5-7,10-13H2,1-4H3,(H,23,24,29);2H2,1H3;1H. The number of halogens is 2. The zero-order valence-electron chi connectivity index (χ0n) is 45.7. The molecule has 6 aromatic rings. The van der Waals surface area contributed by atoms with Gasteiger partial charge in [0.2, 0.25) is 26.8 Å². The van der Waals surface area contributed by atoms with Crippen LogP contribution in [0.15, 0.2) is 55.8 Å². The average molecular weight is 1260 g/mol. The molecule has 0 radical (unpaired) electrons. The van der Waals surface area contributed by atoms with Gasteiger partial charge in [-0.1, -0.05) is 38.3 Å². The van der Waals surface area contributed by atoms with Gasteiger partial charge in [-0.05, 0) is 70.1 Å². The Morgan fingerprint density at radius 1 is 0.654 bits per heavy atom. The molecule has 2 aromatic carbocycles. The van der Waals surface area contributed by atoms with Gasteiger partial charge in [0.1, 0.15) is 34.2 Å². The predicted octanol–water partition coefficient (Wildman–Crippen LogP) is 1.01. The van der Waals surface area contributed by atoms with E-state index >= 15 is 0 Å². The summed E-state index contributed by atoms with van der Waals surface area (Å²) in [7, 11) is -0.220. The van der Waals surface area contributed by atoms with Gasteiger partial charge in [0.15, 0.2) is 17.1 Å². The van der Waals surface area contributed by atoms with Crippen molar-refractivity contribution in [2.75, 3.05) is 92.5 Å². The smallest absolute Gasteiger partial charge is 0.306 e. The monoisotopic (exact) mass is 1260 g/mol. The number of nitrogens with one attached hydrogen (secondary N) is 2. The maximum absolute atomic E-state index is 13.6. The highest BCUT2D eigenvalue weighted by atomic mass is 127. The van der Waals surface area contributed by atoms with E-state index in [0.29, 0.717) is 120 Å². The summed E-state index contributed by atoms with van der Waals surface area (Å²) >= 11 is 4.95. The number of ether oxygens (including phenoxy) is 4. The first-order chi connectivity index (χ1) is 36.5. The van der Waals surface area contributed by atoms with Crippen LogP contribution >= 0.6 is 11.6 Å². The number of H-pyrrole nitrogens is 2. The van der Waals surface area contributed by atoms with E-state index in [1.54, 1.807) is 38.4 Å². The number of quaternary nitrogens is 1. The zero-order valence-corrected chi connectivity index (χ0v) is 50.3. The van der Waals surface area contributed by atoms with Gasteiger partial charge in [0.05, 0.1) is 78.7 Å². The van der Waals surface area contributed by atoms with Gasteiger partial charge in [-0.15, -0.1) is 0 Å². The van der Waals surface area contributed by atoms with Crippen LogP contribution in [0, 0.1) is 0 Å². The Morgan fingerprint density at radius 2 is 1.06 bits per heavy atom. The number of hydrogen-bond acceptors (Lipinski definition) is 17. The Hall–Kier alpha value is -5.56. The summed E-state index contributed by atoms with van der Waals surface area (Å²) in [6, 6.07) is 9.27. The lowest BCUT2D eigenvalue weighted by Crippen LogP contribution is -3.00. The van der Waals surface area contributed by atoms with Crippen molar-refractivity contribution < 1.29 is 73.8 Å². The first kappa shape index (κ1) is 63.3. The summed E-state index contributed by atoms with van der Waals surface area (Å²) in [5.41, 5.74) is 3.33. The van der Waals surface area contributed by atoms with Crippen molar-refractivity contribution in [2.24, 2.45) is 14.1 Å². The number of nitrogens with zero attached hydrogens (tertiary/aromatic N) is 10. The van der Waals surface area contributed by atoms with Crippen LogP contribution in [0.2, 0.25) is 0 Å². The summed E-state index contributed by atoms with van der Waals surface area (Å²) in [5.74, 6) is 0.649. The summed E-state index contributed by atoms with van der Waals surface area (Å²) in [5, 5.41) is 8.91. The zero-order chi connectivity index (χ0) is 56.4. The fourth-order valence-corrected chi connectivity index (χ4v) is 11.8. The minimum atomic E-state index is -3.85. The van der Waals surface area contributed by atoms with E-state index in [1.165, 1.54) is 44.0 Å². The number of esters is 2. The van der Waals surface area contributed by atoms with E-state index in [2.05, 4.69) is 29.8 Å². The van der Waals surface area contributed by atoms with Crippen LogP contribution in [-0.2, 0) is 66.0 Å². The molecule has 8 rings (SSSR count). The van der Waals surface area contributed by atoms with Crippen molar-refractivity contribution in [2.45, 2.75) is 77.0 Å². The van der Waals surface area contributed by atoms with Gasteiger partial charge >= 0.3 is 11.9 Å². The summed E-state index contributed by atoms with van der Waals surface area (Å²) in [4.78, 5) is 64.2. The molecule has 0 unspecified atom stereocenters. The molecule has 0 amide bonds. The van der Waals surface area contributed by atoms with E-state index < -0.39 is 20.0 Å². The van der Waals surface area contributed by atoms with Crippen molar-refractivity contribution in [1.29, 1.82) is 0 Å². The van der Waals surface area contributed by atoms with E-state index in [9.17, 15) is 36.0 Å². The number of hydrogen-bond donors (Lipinski definition) is 2. The first-order valence-corrected chi connectivity index (χ1v) is 28.7. The maximum atomic E-state index is 13.6. The van der Waals surface area contributed by atoms with Gasteiger partial charge in [-0.25, -0.2) is 26.8 Å². The van der Waals surface area contributed by atoms with Crippen LogP contribution < -0.4 is 44.6 Å². The predicted molar refractivity (Wildman–Crippen MR) is 290 cm³/mol. The SMILES string of the molecule is CC(=O)OCCl.CCCc1nn(C)c2c(=O)[nH]c(-c3cc(S(=O)(=O)N4CCN(C)CC4)ccc3OCC)nc12.CCCc1nn(C)c2c(=O)[nH]c(-c3cc(S(=O)(=O)N4CC[N+](C)(COC(C)=O)CC4)ccc3OCC)nc12.[I-]. The van der Waals surface area contributed by atoms with Crippen molar-refractivity contribution in [1.82, 2.24) is 53.0 Å². The van der Waals surface area contributed by atoms with Crippen LogP contribution in [0.3, 0.4) is 0 Å². The van der Waals surface area contributed by atoms with Gasteiger partial charge < -0.3 is 57.8 Å². The minimum Gasteiger partial charge on any atom is -1.00 e. The molecule has 4 aromatic heterocycles. The van der Waals surface area contributed by atoms with Crippen molar-refractivity contribution in [3.8, 4) is 34.3 Å². The van der Waals surface area contributed by atoms with Gasteiger partial charge in [0.25, 0.3) is 11.1 Å². The fourth-order valence-electron chi connectivity index (χ4n) is 8.78. The molecule has 428 valence electrons. The number of alkyl halides is 1. The number of aryl methyl sites for hydroxylation is 4. The highest BCUT2D eigenvalue weighted by Gasteiger charge is 2.36. The number of rotatable bonds is 17. The number of aromatic amines is 2. The molecule has 28 heteroatoms. The summed E-state index contributed by atoms with van der Waals surface area (Å²) in [6.07, 6.45) is 3.04. The van der Waals surface area contributed by atoms with Crippen LogP contribution in [-0.4, -0.2) is 179 Å². The molecule has 0 bridgehead atoms. The molecule has 2 N–H and O–H groups in total. The van der Waals surface area contributed by atoms with Gasteiger partial charge in [-0.3, -0.25) is 33.0 Å². The van der Waals surface area contributed by atoms with E-state index in [0.717, 1.165) is 18.5 Å². The lowest BCUT2D eigenvalue weighted by Gasteiger charge is -2.40. The Morgan fingerprint density at radius 3 is 1.42 bits per heavy atom. The molecule has 0 aliphatic carbocycles. The van der Waals surface area contributed by atoms with Crippen molar-refractivity contribution in [3.05, 3.63) is 68.5 Å². The molecule has 0 spiro atoms. The number of sulfonamides is 2. The van der Waals surface area contributed by atoms with Crippen molar-refractivity contribution in [3.63, 3.8) is 0 Å². The normalized spacial score (nSPS) is 15.1. The first-order valence-electron chi connectivity index (χ1n) is 25.3. The van der Waals surface area contributed by atoms with Crippen molar-refractivity contribution >= 4 is 65.7 Å². The second-order valence-corrected chi connectivity index (χ2v) is 22.8. The molecule has 78 heavy (non-hydrogen) atoms. The van der Waals surface area contributed by atoms with Crippen LogP contribution in [0.25, 0.3) is 44.8 Å². The highest BCUT2D eigenvalue weighted by molar-refractivity contribution is 7.89.